The van der Waals surface area contributed by atoms with Gasteiger partial charge in [-0.1, -0.05) is 6.92 Å². The number of aliphatic hydroxyl groups is 1. The van der Waals surface area contributed by atoms with Crippen LogP contribution in [0.5, 0.6) is 0 Å². The van der Waals surface area contributed by atoms with Gasteiger partial charge in [0.2, 0.25) is 0 Å². The number of hydrogen-bond donors (Lipinski definition) is 2. The van der Waals surface area contributed by atoms with Gasteiger partial charge < -0.3 is 15.3 Å². The standard InChI is InChI=1S/C16H28N4O/c1-5-7-13-18-14(17-6-2)12(3)15(19-13)20-10-8-16(4,21)9-11-20/h21H,5-11H2,1-4H3,(H,17,18,19). The molecule has 0 unspecified atom stereocenters. The van der Waals surface area contributed by atoms with E-state index in [4.69, 9.17) is 4.98 Å². The number of nitrogens with one attached hydrogen (secondary N) is 1. The molecule has 118 valence electrons. The third-order valence-electron chi connectivity index (χ3n) is 4.12. The summed E-state index contributed by atoms with van der Waals surface area (Å²) < 4.78 is 0. The molecule has 5 heteroatoms. The van der Waals surface area contributed by atoms with E-state index in [1.165, 1.54) is 0 Å². The minimum Gasteiger partial charge on any atom is -0.390 e. The van der Waals surface area contributed by atoms with Crippen LogP contribution in [0.4, 0.5) is 11.6 Å². The highest BCUT2D eigenvalue weighted by molar-refractivity contribution is 5.59. The second kappa shape index (κ2) is 6.60. The van der Waals surface area contributed by atoms with Crippen LogP contribution in [0.3, 0.4) is 0 Å². The normalized spacial score (nSPS) is 17.9. The van der Waals surface area contributed by atoms with Crippen LogP contribution in [0, 0.1) is 6.92 Å². The van der Waals surface area contributed by atoms with Crippen molar-refractivity contribution in [3.63, 3.8) is 0 Å². The Bertz CT molecular complexity index is 477. The first-order valence-corrected chi connectivity index (χ1v) is 8.05. The molecule has 0 saturated carbocycles. The minimum absolute atomic E-state index is 0.534. The van der Waals surface area contributed by atoms with Gasteiger partial charge in [0.15, 0.2) is 0 Å². The van der Waals surface area contributed by atoms with Crippen molar-refractivity contribution in [3.8, 4) is 0 Å². The van der Waals surface area contributed by atoms with Crippen molar-refractivity contribution in [1.29, 1.82) is 0 Å². The van der Waals surface area contributed by atoms with Crippen LogP contribution >= 0.6 is 0 Å². The van der Waals surface area contributed by atoms with Crippen molar-refractivity contribution in [1.82, 2.24) is 9.97 Å². The van der Waals surface area contributed by atoms with E-state index >= 15 is 0 Å². The minimum atomic E-state index is -0.534. The lowest BCUT2D eigenvalue weighted by Crippen LogP contribution is -2.43. The second-order valence-corrected chi connectivity index (χ2v) is 6.20. The third kappa shape index (κ3) is 3.84. The SMILES string of the molecule is CCCc1nc(NCC)c(C)c(N2CCC(C)(O)CC2)n1. The molecule has 1 saturated heterocycles. The summed E-state index contributed by atoms with van der Waals surface area (Å²) in [5, 5.41) is 13.5. The largest absolute Gasteiger partial charge is 0.390 e. The van der Waals surface area contributed by atoms with Gasteiger partial charge in [-0.15, -0.1) is 0 Å². The lowest BCUT2D eigenvalue weighted by atomic mass is 9.94. The predicted molar refractivity (Wildman–Crippen MR) is 87.0 cm³/mol. The molecule has 1 aromatic rings. The molecular weight excluding hydrogens is 264 g/mol. The van der Waals surface area contributed by atoms with Gasteiger partial charge in [0.25, 0.3) is 0 Å². The molecule has 21 heavy (non-hydrogen) atoms. The van der Waals surface area contributed by atoms with Gasteiger partial charge >= 0.3 is 0 Å². The maximum absolute atomic E-state index is 10.1. The van der Waals surface area contributed by atoms with Crippen LogP contribution in [0.15, 0.2) is 0 Å². The Morgan fingerprint density at radius 1 is 1.24 bits per heavy atom. The van der Waals surface area contributed by atoms with Gasteiger partial charge in [-0.25, -0.2) is 9.97 Å². The lowest BCUT2D eigenvalue weighted by molar-refractivity contribution is 0.0350. The van der Waals surface area contributed by atoms with Crippen molar-refractivity contribution in [2.75, 3.05) is 29.9 Å². The summed E-state index contributed by atoms with van der Waals surface area (Å²) in [5.41, 5.74) is 0.576. The molecule has 0 bridgehead atoms. The first-order chi connectivity index (χ1) is 9.96. The molecule has 0 spiro atoms. The predicted octanol–water partition coefficient (Wildman–Crippen LogP) is 2.52. The van der Waals surface area contributed by atoms with E-state index in [1.807, 2.05) is 6.92 Å². The monoisotopic (exact) mass is 292 g/mol. The molecule has 2 rings (SSSR count). The summed E-state index contributed by atoms with van der Waals surface area (Å²) in [5.74, 6) is 2.88. The van der Waals surface area contributed by atoms with Gasteiger partial charge in [0, 0.05) is 31.6 Å². The Labute approximate surface area is 127 Å². The van der Waals surface area contributed by atoms with E-state index in [9.17, 15) is 5.11 Å². The highest BCUT2D eigenvalue weighted by atomic mass is 16.3. The van der Waals surface area contributed by atoms with Crippen molar-refractivity contribution in [2.24, 2.45) is 0 Å². The maximum Gasteiger partial charge on any atom is 0.137 e. The zero-order chi connectivity index (χ0) is 15.5. The molecular formula is C16H28N4O. The Balaban J connectivity index is 2.28. The summed E-state index contributed by atoms with van der Waals surface area (Å²) in [7, 11) is 0. The number of rotatable bonds is 5. The van der Waals surface area contributed by atoms with Crippen molar-refractivity contribution >= 4 is 11.6 Å². The average molecular weight is 292 g/mol. The smallest absolute Gasteiger partial charge is 0.137 e. The Morgan fingerprint density at radius 2 is 1.90 bits per heavy atom. The second-order valence-electron chi connectivity index (χ2n) is 6.20. The highest BCUT2D eigenvalue weighted by Gasteiger charge is 2.29. The molecule has 1 fully saturated rings. The Hall–Kier alpha value is -1.36. The number of aromatic nitrogens is 2. The number of aryl methyl sites for hydroxylation is 1. The fourth-order valence-electron chi connectivity index (χ4n) is 2.73. The number of anilines is 2. The first kappa shape index (κ1) is 16.0. The molecule has 1 aromatic heterocycles. The summed E-state index contributed by atoms with van der Waals surface area (Å²) in [6, 6.07) is 0. The first-order valence-electron chi connectivity index (χ1n) is 8.05. The van der Waals surface area contributed by atoms with E-state index < -0.39 is 5.60 Å². The van der Waals surface area contributed by atoms with Crippen molar-refractivity contribution in [3.05, 3.63) is 11.4 Å². The zero-order valence-electron chi connectivity index (χ0n) is 13.7. The molecule has 0 amide bonds. The highest BCUT2D eigenvalue weighted by Crippen LogP contribution is 2.29. The number of piperidine rings is 1. The zero-order valence-corrected chi connectivity index (χ0v) is 13.7. The van der Waals surface area contributed by atoms with Crippen LogP contribution in [-0.4, -0.2) is 40.3 Å². The van der Waals surface area contributed by atoms with Gasteiger partial charge in [-0.3, -0.25) is 0 Å². The summed E-state index contributed by atoms with van der Waals surface area (Å²) >= 11 is 0. The summed E-state index contributed by atoms with van der Waals surface area (Å²) in [6.07, 6.45) is 3.52. The molecule has 1 aliphatic rings. The van der Waals surface area contributed by atoms with Gasteiger partial charge in [0.05, 0.1) is 5.60 Å². The number of nitrogens with zero attached hydrogens (tertiary/aromatic N) is 3. The Kier molecular flexibility index (Phi) is 5.04. The molecule has 5 nitrogen and oxygen atoms in total. The van der Waals surface area contributed by atoms with Gasteiger partial charge in [0.1, 0.15) is 17.5 Å². The molecule has 0 atom stereocenters. The molecule has 0 radical (unpaired) electrons. The van der Waals surface area contributed by atoms with Crippen molar-refractivity contribution in [2.45, 2.75) is 59.0 Å². The van der Waals surface area contributed by atoms with Crippen LogP contribution in [-0.2, 0) is 6.42 Å². The fourth-order valence-corrected chi connectivity index (χ4v) is 2.73. The summed E-state index contributed by atoms with van der Waals surface area (Å²) in [4.78, 5) is 11.7. The Morgan fingerprint density at radius 3 is 2.48 bits per heavy atom. The summed E-state index contributed by atoms with van der Waals surface area (Å²) in [6.45, 7) is 10.8. The van der Waals surface area contributed by atoms with Gasteiger partial charge in [-0.2, -0.15) is 0 Å². The van der Waals surface area contributed by atoms with Crippen LogP contribution < -0.4 is 10.2 Å². The van der Waals surface area contributed by atoms with Crippen molar-refractivity contribution < 1.29 is 5.11 Å². The van der Waals surface area contributed by atoms with E-state index in [0.29, 0.717) is 0 Å². The molecule has 0 aliphatic carbocycles. The molecule has 1 aliphatic heterocycles. The van der Waals surface area contributed by atoms with Gasteiger partial charge in [-0.05, 0) is 40.0 Å². The third-order valence-corrected chi connectivity index (χ3v) is 4.12. The van der Waals surface area contributed by atoms with Crippen LogP contribution in [0.2, 0.25) is 0 Å². The van der Waals surface area contributed by atoms with E-state index in [2.05, 4.69) is 36.0 Å². The molecule has 0 aromatic carbocycles. The number of hydrogen-bond acceptors (Lipinski definition) is 5. The fraction of sp³-hybridized carbons (Fsp3) is 0.750. The molecule has 2 N–H and O–H groups in total. The molecule has 2 heterocycles. The lowest BCUT2D eigenvalue weighted by Gasteiger charge is -2.37. The quantitative estimate of drug-likeness (QED) is 0.873. The average Bonchev–Trinajstić information content (AvgIpc) is 2.43. The van der Waals surface area contributed by atoms with Crippen LogP contribution in [0.25, 0.3) is 0 Å². The van der Waals surface area contributed by atoms with E-state index in [0.717, 1.165) is 68.3 Å². The maximum atomic E-state index is 10.1. The van der Waals surface area contributed by atoms with Crippen LogP contribution in [0.1, 0.15) is 51.4 Å². The van der Waals surface area contributed by atoms with E-state index in [-0.39, 0.29) is 0 Å². The van der Waals surface area contributed by atoms with E-state index in [1.54, 1.807) is 0 Å². The topological polar surface area (TPSA) is 61.3 Å².